The van der Waals surface area contributed by atoms with Crippen molar-refractivity contribution in [1.29, 1.82) is 0 Å². The van der Waals surface area contributed by atoms with Crippen LogP contribution in [0.4, 0.5) is 13.2 Å². The van der Waals surface area contributed by atoms with Crippen LogP contribution >= 0.6 is 0 Å². The van der Waals surface area contributed by atoms with Crippen molar-refractivity contribution in [3.8, 4) is 5.75 Å². The van der Waals surface area contributed by atoms with Crippen molar-refractivity contribution in [3.63, 3.8) is 0 Å². The summed E-state index contributed by atoms with van der Waals surface area (Å²) in [5.74, 6) is -0.118. The molecule has 2 aromatic carbocycles. The van der Waals surface area contributed by atoms with Crippen LogP contribution in [-0.4, -0.2) is 6.36 Å². The van der Waals surface area contributed by atoms with Crippen molar-refractivity contribution >= 4 is 0 Å². The van der Waals surface area contributed by atoms with E-state index in [1.807, 2.05) is 31.2 Å². The van der Waals surface area contributed by atoms with Crippen LogP contribution in [0, 0.1) is 6.92 Å². The number of ether oxygens (including phenoxy) is 1. The highest BCUT2D eigenvalue weighted by atomic mass is 19.4. The van der Waals surface area contributed by atoms with E-state index in [1.54, 1.807) is 12.1 Å². The summed E-state index contributed by atoms with van der Waals surface area (Å²) in [6.45, 7) is 2.00. The Balaban J connectivity index is 2.07. The van der Waals surface area contributed by atoms with E-state index in [4.69, 9.17) is 0 Å². The van der Waals surface area contributed by atoms with Crippen molar-refractivity contribution in [1.82, 2.24) is 0 Å². The molecule has 0 aliphatic carbocycles. The summed E-state index contributed by atoms with van der Waals surface area (Å²) in [4.78, 5) is 0. The largest absolute Gasteiger partial charge is 0.573 e. The number of rotatable bonds is 4. The number of benzene rings is 2. The summed E-state index contributed by atoms with van der Waals surface area (Å²) in [6.07, 6.45) is -3.46. The third kappa shape index (κ3) is 4.30. The van der Waals surface area contributed by atoms with Crippen molar-refractivity contribution in [2.45, 2.75) is 26.1 Å². The van der Waals surface area contributed by atoms with E-state index in [0.717, 1.165) is 11.1 Å². The summed E-state index contributed by atoms with van der Waals surface area (Å²) in [5.41, 5.74) is 2.82. The van der Waals surface area contributed by atoms with E-state index in [-0.39, 0.29) is 5.75 Å². The molecule has 0 spiro atoms. The van der Waals surface area contributed by atoms with Gasteiger partial charge >= 0.3 is 6.36 Å². The van der Waals surface area contributed by atoms with Crippen molar-refractivity contribution in [2.75, 3.05) is 0 Å². The molecular formula is C16H15F3O. The second-order valence-electron chi connectivity index (χ2n) is 4.64. The van der Waals surface area contributed by atoms with Gasteiger partial charge in [0.15, 0.2) is 0 Å². The smallest absolute Gasteiger partial charge is 0.406 e. The fourth-order valence-electron chi connectivity index (χ4n) is 1.97. The molecule has 0 bridgehead atoms. The standard InChI is InChI=1S/C16H15F3O/c1-12-6-8-13(9-7-12)10-11-14-4-2-3-5-15(14)20-16(17,18)19/h2-9H,10-11H2,1H3. The molecule has 4 heteroatoms. The van der Waals surface area contributed by atoms with E-state index in [2.05, 4.69) is 4.74 Å². The summed E-state index contributed by atoms with van der Waals surface area (Å²) in [7, 11) is 0. The maximum Gasteiger partial charge on any atom is 0.573 e. The third-order valence-corrected chi connectivity index (χ3v) is 3.00. The number of alkyl halides is 3. The molecule has 0 aromatic heterocycles. The lowest BCUT2D eigenvalue weighted by molar-refractivity contribution is -0.274. The van der Waals surface area contributed by atoms with Crippen LogP contribution in [0.5, 0.6) is 5.75 Å². The van der Waals surface area contributed by atoms with Gasteiger partial charge in [0, 0.05) is 0 Å². The minimum absolute atomic E-state index is 0.118. The molecule has 0 unspecified atom stereocenters. The molecule has 2 aromatic rings. The van der Waals surface area contributed by atoms with Gasteiger partial charge in [0.25, 0.3) is 0 Å². The molecule has 0 aliphatic rings. The first-order valence-corrected chi connectivity index (χ1v) is 6.33. The molecule has 0 amide bonds. The predicted octanol–water partition coefficient (Wildman–Crippen LogP) is 4.68. The molecule has 0 radical (unpaired) electrons. The first-order chi connectivity index (χ1) is 9.44. The number of hydrogen-bond acceptors (Lipinski definition) is 1. The number of aryl methyl sites for hydroxylation is 3. The molecule has 0 atom stereocenters. The molecule has 0 aliphatic heterocycles. The number of hydrogen-bond donors (Lipinski definition) is 0. The Kier molecular flexibility index (Phi) is 4.32. The normalized spacial score (nSPS) is 11.4. The van der Waals surface area contributed by atoms with Crippen LogP contribution in [0.1, 0.15) is 16.7 Å². The Morgan fingerprint density at radius 2 is 1.55 bits per heavy atom. The Hall–Kier alpha value is -1.97. The van der Waals surface area contributed by atoms with Gasteiger partial charge < -0.3 is 4.74 Å². The first-order valence-electron chi connectivity index (χ1n) is 6.33. The van der Waals surface area contributed by atoms with Gasteiger partial charge in [-0.05, 0) is 37.0 Å². The predicted molar refractivity (Wildman–Crippen MR) is 71.7 cm³/mol. The van der Waals surface area contributed by atoms with E-state index in [0.29, 0.717) is 18.4 Å². The maximum atomic E-state index is 12.3. The monoisotopic (exact) mass is 280 g/mol. The van der Waals surface area contributed by atoms with Crippen LogP contribution < -0.4 is 4.74 Å². The zero-order valence-corrected chi connectivity index (χ0v) is 11.1. The average Bonchev–Trinajstić information content (AvgIpc) is 2.38. The average molecular weight is 280 g/mol. The zero-order chi connectivity index (χ0) is 14.6. The van der Waals surface area contributed by atoms with Gasteiger partial charge in [-0.25, -0.2) is 0 Å². The minimum Gasteiger partial charge on any atom is -0.406 e. The molecule has 0 saturated heterocycles. The lowest BCUT2D eigenvalue weighted by atomic mass is 10.0. The highest BCUT2D eigenvalue weighted by Crippen LogP contribution is 2.27. The SMILES string of the molecule is Cc1ccc(CCc2ccccc2OC(F)(F)F)cc1. The Bertz CT molecular complexity index is 559. The summed E-state index contributed by atoms with van der Waals surface area (Å²) in [6, 6.07) is 14.2. The molecule has 20 heavy (non-hydrogen) atoms. The fourth-order valence-corrected chi connectivity index (χ4v) is 1.97. The van der Waals surface area contributed by atoms with Gasteiger partial charge in [-0.2, -0.15) is 0 Å². The van der Waals surface area contributed by atoms with Crippen LogP contribution in [0.2, 0.25) is 0 Å². The Morgan fingerprint density at radius 3 is 2.20 bits per heavy atom. The lowest BCUT2D eigenvalue weighted by Crippen LogP contribution is -2.18. The Labute approximate surface area is 116 Å². The second-order valence-corrected chi connectivity index (χ2v) is 4.64. The summed E-state index contributed by atoms with van der Waals surface area (Å²) in [5, 5.41) is 0. The minimum atomic E-state index is -4.65. The second kappa shape index (κ2) is 5.99. The molecule has 0 heterocycles. The molecular weight excluding hydrogens is 265 g/mol. The summed E-state index contributed by atoms with van der Waals surface area (Å²) >= 11 is 0. The van der Waals surface area contributed by atoms with Gasteiger partial charge in [0.05, 0.1) is 0 Å². The van der Waals surface area contributed by atoms with E-state index < -0.39 is 6.36 Å². The molecule has 0 fully saturated rings. The maximum absolute atomic E-state index is 12.3. The third-order valence-electron chi connectivity index (χ3n) is 3.00. The molecule has 0 N–H and O–H groups in total. The van der Waals surface area contributed by atoms with Crippen molar-refractivity contribution < 1.29 is 17.9 Å². The van der Waals surface area contributed by atoms with Gasteiger partial charge in [0.2, 0.25) is 0 Å². The highest BCUT2D eigenvalue weighted by Gasteiger charge is 2.31. The molecule has 0 saturated carbocycles. The van der Waals surface area contributed by atoms with Crippen LogP contribution in [0.15, 0.2) is 48.5 Å². The molecule has 2 rings (SSSR count). The zero-order valence-electron chi connectivity index (χ0n) is 11.1. The van der Waals surface area contributed by atoms with Crippen LogP contribution in [0.25, 0.3) is 0 Å². The Morgan fingerprint density at radius 1 is 0.900 bits per heavy atom. The van der Waals surface area contributed by atoms with Gasteiger partial charge in [0.1, 0.15) is 5.75 Å². The van der Waals surface area contributed by atoms with Crippen molar-refractivity contribution in [2.24, 2.45) is 0 Å². The topological polar surface area (TPSA) is 9.23 Å². The van der Waals surface area contributed by atoms with E-state index in [9.17, 15) is 13.2 Å². The highest BCUT2D eigenvalue weighted by molar-refractivity contribution is 5.34. The van der Waals surface area contributed by atoms with Gasteiger partial charge in [-0.3, -0.25) is 0 Å². The molecule has 106 valence electrons. The van der Waals surface area contributed by atoms with Crippen LogP contribution in [0.3, 0.4) is 0 Å². The number of para-hydroxylation sites is 1. The van der Waals surface area contributed by atoms with Gasteiger partial charge in [-0.15, -0.1) is 13.2 Å². The van der Waals surface area contributed by atoms with Crippen molar-refractivity contribution in [3.05, 3.63) is 65.2 Å². The first kappa shape index (κ1) is 14.4. The number of halogens is 3. The lowest BCUT2D eigenvalue weighted by Gasteiger charge is -2.13. The quantitative estimate of drug-likeness (QED) is 0.790. The van der Waals surface area contributed by atoms with Crippen LogP contribution in [-0.2, 0) is 12.8 Å². The fraction of sp³-hybridized carbons (Fsp3) is 0.250. The van der Waals surface area contributed by atoms with Gasteiger partial charge in [-0.1, -0.05) is 48.0 Å². The molecule has 1 nitrogen and oxygen atoms in total. The summed E-state index contributed by atoms with van der Waals surface area (Å²) < 4.78 is 41.0. The van der Waals surface area contributed by atoms with E-state index in [1.165, 1.54) is 12.1 Å². The van der Waals surface area contributed by atoms with E-state index >= 15 is 0 Å².